The number of nitrogens with one attached hydrogen (secondary N) is 1. The van der Waals surface area contributed by atoms with Crippen LogP contribution >= 0.6 is 0 Å². The molecule has 0 bridgehead atoms. The van der Waals surface area contributed by atoms with Gasteiger partial charge in [0.05, 0.1) is 0 Å². The Bertz CT molecular complexity index is 352. The molecule has 1 rings (SSSR count). The monoisotopic (exact) mass is 232 g/mol. The fourth-order valence-corrected chi connectivity index (χ4v) is 1.87. The van der Waals surface area contributed by atoms with E-state index in [9.17, 15) is 0 Å². The smallest absolute Gasteiger partial charge is 0.0361 e. The van der Waals surface area contributed by atoms with E-state index in [0.717, 1.165) is 12.8 Å². The van der Waals surface area contributed by atoms with Crippen LogP contribution in [0.15, 0.2) is 36.4 Å². The Kier molecular flexibility index (Phi) is 5.23. The van der Waals surface area contributed by atoms with E-state index in [-0.39, 0.29) is 0 Å². The number of allylic oxidation sites excluding steroid dienone is 1. The van der Waals surface area contributed by atoms with Crippen LogP contribution in [0, 0.1) is 0 Å². The van der Waals surface area contributed by atoms with Crippen LogP contribution < -0.4 is 10.2 Å². The number of nitrogens with zero attached hydrogens (tertiary/aromatic N) is 1. The summed E-state index contributed by atoms with van der Waals surface area (Å²) in [6.07, 6.45) is 2.17. The van der Waals surface area contributed by atoms with E-state index < -0.39 is 0 Å². The van der Waals surface area contributed by atoms with Gasteiger partial charge in [0.25, 0.3) is 0 Å². The van der Waals surface area contributed by atoms with E-state index in [1.807, 2.05) is 7.05 Å². The molecule has 0 amide bonds. The van der Waals surface area contributed by atoms with Crippen molar-refractivity contribution in [2.45, 2.75) is 25.8 Å². The Morgan fingerprint density at radius 1 is 1.29 bits per heavy atom. The average molecular weight is 232 g/mol. The highest BCUT2D eigenvalue weighted by atomic mass is 15.1. The molecule has 0 saturated heterocycles. The Balaban J connectivity index is 2.71. The Morgan fingerprint density at radius 2 is 1.88 bits per heavy atom. The van der Waals surface area contributed by atoms with Crippen LogP contribution in [0.3, 0.4) is 0 Å². The molecule has 94 valence electrons. The van der Waals surface area contributed by atoms with Gasteiger partial charge < -0.3 is 10.2 Å². The summed E-state index contributed by atoms with van der Waals surface area (Å²) in [4.78, 5) is 2.12. The second-order valence-corrected chi connectivity index (χ2v) is 4.82. The Morgan fingerprint density at radius 3 is 2.29 bits per heavy atom. The third-order valence-electron chi connectivity index (χ3n) is 3.02. The largest absolute Gasteiger partial charge is 0.378 e. The van der Waals surface area contributed by atoms with Gasteiger partial charge in [-0.2, -0.15) is 0 Å². The van der Waals surface area contributed by atoms with Gasteiger partial charge in [-0.1, -0.05) is 17.7 Å². The van der Waals surface area contributed by atoms with Crippen molar-refractivity contribution in [1.29, 1.82) is 0 Å². The molecule has 0 radical (unpaired) electrons. The summed E-state index contributed by atoms with van der Waals surface area (Å²) in [5.74, 6) is 0. The van der Waals surface area contributed by atoms with Crippen LogP contribution in [-0.2, 0) is 0 Å². The van der Waals surface area contributed by atoms with Crippen molar-refractivity contribution >= 4 is 5.69 Å². The topological polar surface area (TPSA) is 15.3 Å². The van der Waals surface area contributed by atoms with Gasteiger partial charge in [0, 0.05) is 25.8 Å². The molecule has 1 aromatic rings. The van der Waals surface area contributed by atoms with E-state index in [1.54, 1.807) is 0 Å². The number of rotatable bonds is 6. The summed E-state index contributed by atoms with van der Waals surface area (Å²) in [5, 5.41) is 3.37. The maximum Gasteiger partial charge on any atom is 0.0361 e. The lowest BCUT2D eigenvalue weighted by Gasteiger charge is -2.18. The van der Waals surface area contributed by atoms with Gasteiger partial charge in [-0.05, 0) is 44.5 Å². The van der Waals surface area contributed by atoms with E-state index >= 15 is 0 Å². The molecule has 0 spiro atoms. The van der Waals surface area contributed by atoms with Gasteiger partial charge >= 0.3 is 0 Å². The second-order valence-electron chi connectivity index (χ2n) is 4.82. The van der Waals surface area contributed by atoms with Gasteiger partial charge in [0.15, 0.2) is 0 Å². The average Bonchev–Trinajstić information content (AvgIpc) is 2.30. The van der Waals surface area contributed by atoms with Gasteiger partial charge in [-0.3, -0.25) is 0 Å². The van der Waals surface area contributed by atoms with Gasteiger partial charge in [0.2, 0.25) is 0 Å². The zero-order valence-electron chi connectivity index (χ0n) is 11.5. The van der Waals surface area contributed by atoms with E-state index in [0.29, 0.717) is 6.04 Å². The predicted octanol–water partition coefficient (Wildman–Crippen LogP) is 3.37. The van der Waals surface area contributed by atoms with E-state index in [1.165, 1.54) is 16.8 Å². The molecule has 1 unspecified atom stereocenters. The van der Waals surface area contributed by atoms with Crippen LogP contribution in [0.1, 0.15) is 31.4 Å². The lowest BCUT2D eigenvalue weighted by atomic mass is 10.00. The fourth-order valence-electron chi connectivity index (χ4n) is 1.87. The third kappa shape index (κ3) is 4.23. The zero-order valence-corrected chi connectivity index (χ0v) is 11.5. The SMILES string of the molecule is C=C(C)CCC(NC)c1ccc(N(C)C)cc1. The standard InChI is InChI=1S/C15H24N2/c1-12(2)6-11-15(16-3)13-7-9-14(10-8-13)17(4)5/h7-10,15-16H,1,6,11H2,2-5H3. The number of anilines is 1. The van der Waals surface area contributed by atoms with E-state index in [2.05, 4.69) is 62.1 Å². The lowest BCUT2D eigenvalue weighted by molar-refractivity contribution is 0.548. The minimum Gasteiger partial charge on any atom is -0.378 e. The highest BCUT2D eigenvalue weighted by molar-refractivity contribution is 5.46. The van der Waals surface area contributed by atoms with Crippen molar-refractivity contribution < 1.29 is 0 Å². The minimum absolute atomic E-state index is 0.419. The van der Waals surface area contributed by atoms with E-state index in [4.69, 9.17) is 0 Å². The van der Waals surface area contributed by atoms with Gasteiger partial charge in [-0.25, -0.2) is 0 Å². The first kappa shape index (κ1) is 13.8. The molecule has 0 saturated carbocycles. The molecule has 17 heavy (non-hydrogen) atoms. The molecule has 0 heterocycles. The fraction of sp³-hybridized carbons (Fsp3) is 0.467. The first-order chi connectivity index (χ1) is 8.04. The summed E-state index contributed by atoms with van der Waals surface area (Å²) >= 11 is 0. The molecular weight excluding hydrogens is 208 g/mol. The summed E-state index contributed by atoms with van der Waals surface area (Å²) < 4.78 is 0. The molecule has 1 aromatic carbocycles. The molecule has 0 fully saturated rings. The molecule has 2 heteroatoms. The normalized spacial score (nSPS) is 12.2. The van der Waals surface area contributed by atoms with Crippen LogP contribution in [0.4, 0.5) is 5.69 Å². The van der Waals surface area contributed by atoms with Crippen molar-refractivity contribution in [2.75, 3.05) is 26.0 Å². The summed E-state index contributed by atoms with van der Waals surface area (Å²) in [6, 6.07) is 9.16. The molecule has 0 aromatic heterocycles. The number of hydrogen-bond donors (Lipinski definition) is 1. The first-order valence-corrected chi connectivity index (χ1v) is 6.13. The van der Waals surface area contributed by atoms with Crippen LogP contribution in [0.2, 0.25) is 0 Å². The number of hydrogen-bond acceptors (Lipinski definition) is 2. The van der Waals surface area contributed by atoms with Crippen molar-refractivity contribution in [1.82, 2.24) is 5.32 Å². The maximum absolute atomic E-state index is 3.96. The van der Waals surface area contributed by atoms with Crippen LogP contribution in [-0.4, -0.2) is 21.1 Å². The molecule has 0 aliphatic carbocycles. The Hall–Kier alpha value is -1.28. The molecule has 1 atom stereocenters. The second kappa shape index (κ2) is 6.45. The summed E-state index contributed by atoms with van der Waals surface area (Å²) in [7, 11) is 6.14. The molecule has 0 aliphatic rings. The molecule has 1 N–H and O–H groups in total. The molecule has 0 aliphatic heterocycles. The summed E-state index contributed by atoms with van der Waals surface area (Å²) in [6.45, 7) is 6.04. The van der Waals surface area contributed by atoms with Crippen molar-refractivity contribution in [3.63, 3.8) is 0 Å². The predicted molar refractivity (Wildman–Crippen MR) is 76.6 cm³/mol. The summed E-state index contributed by atoms with van der Waals surface area (Å²) in [5.41, 5.74) is 3.83. The highest BCUT2D eigenvalue weighted by Gasteiger charge is 2.08. The first-order valence-electron chi connectivity index (χ1n) is 6.13. The number of benzene rings is 1. The molecular formula is C15H24N2. The van der Waals surface area contributed by atoms with Crippen molar-refractivity contribution in [3.05, 3.63) is 42.0 Å². The molecule has 2 nitrogen and oxygen atoms in total. The Labute approximate surface area is 105 Å². The van der Waals surface area contributed by atoms with Crippen LogP contribution in [0.5, 0.6) is 0 Å². The van der Waals surface area contributed by atoms with Crippen molar-refractivity contribution in [3.8, 4) is 0 Å². The van der Waals surface area contributed by atoms with Crippen LogP contribution in [0.25, 0.3) is 0 Å². The quantitative estimate of drug-likeness (QED) is 0.757. The maximum atomic E-state index is 3.96. The highest BCUT2D eigenvalue weighted by Crippen LogP contribution is 2.22. The van der Waals surface area contributed by atoms with Crippen molar-refractivity contribution in [2.24, 2.45) is 0 Å². The zero-order chi connectivity index (χ0) is 12.8. The minimum atomic E-state index is 0.419. The van der Waals surface area contributed by atoms with Gasteiger partial charge in [-0.15, -0.1) is 6.58 Å². The lowest BCUT2D eigenvalue weighted by Crippen LogP contribution is -2.16. The third-order valence-corrected chi connectivity index (χ3v) is 3.02. The van der Waals surface area contributed by atoms with Gasteiger partial charge in [0.1, 0.15) is 0 Å².